The SMILES string of the molecule is CC(=O)Nc1ccc(NC(=O)c2cc(S(=O)(=O)N3CCCC3)ccc2C)cc1. The number of nitrogens with one attached hydrogen (secondary N) is 2. The average Bonchev–Trinajstić information content (AvgIpc) is 3.18. The summed E-state index contributed by atoms with van der Waals surface area (Å²) in [6.45, 7) is 4.21. The standard InChI is InChI=1S/C20H23N3O4S/c1-14-5-10-18(28(26,27)23-11-3-4-12-23)13-19(14)20(25)22-17-8-6-16(7-9-17)21-15(2)24/h5-10,13H,3-4,11-12H2,1-2H3,(H,21,24)(H,22,25). The van der Waals surface area contributed by atoms with Gasteiger partial charge in [0.1, 0.15) is 0 Å². The van der Waals surface area contributed by atoms with Crippen molar-refractivity contribution < 1.29 is 18.0 Å². The normalized spacial score (nSPS) is 14.6. The number of rotatable bonds is 5. The van der Waals surface area contributed by atoms with Gasteiger partial charge >= 0.3 is 0 Å². The van der Waals surface area contributed by atoms with Gasteiger partial charge in [-0.05, 0) is 61.7 Å². The Balaban J connectivity index is 1.80. The Kier molecular flexibility index (Phi) is 5.81. The van der Waals surface area contributed by atoms with E-state index in [4.69, 9.17) is 0 Å². The third-order valence-electron chi connectivity index (χ3n) is 4.62. The molecule has 1 aliphatic rings. The smallest absolute Gasteiger partial charge is 0.255 e. The molecule has 2 aromatic carbocycles. The Morgan fingerprint density at radius 2 is 1.50 bits per heavy atom. The lowest BCUT2D eigenvalue weighted by Crippen LogP contribution is -2.28. The molecule has 0 unspecified atom stereocenters. The first-order chi connectivity index (χ1) is 13.3. The molecule has 1 heterocycles. The molecule has 0 bridgehead atoms. The molecule has 1 saturated heterocycles. The fraction of sp³-hybridized carbons (Fsp3) is 0.300. The second kappa shape index (κ2) is 8.12. The third kappa shape index (κ3) is 4.40. The summed E-state index contributed by atoms with van der Waals surface area (Å²) in [6, 6.07) is 11.3. The van der Waals surface area contributed by atoms with Crippen molar-refractivity contribution in [2.24, 2.45) is 0 Å². The van der Waals surface area contributed by atoms with Gasteiger partial charge in [0.15, 0.2) is 0 Å². The van der Waals surface area contributed by atoms with Gasteiger partial charge in [-0.3, -0.25) is 9.59 Å². The van der Waals surface area contributed by atoms with Crippen molar-refractivity contribution in [2.75, 3.05) is 23.7 Å². The molecule has 0 aliphatic carbocycles. The van der Waals surface area contributed by atoms with E-state index in [1.54, 1.807) is 43.3 Å². The molecule has 7 nitrogen and oxygen atoms in total. The predicted octanol–water partition coefficient (Wildman–Crippen LogP) is 2.99. The molecule has 1 aliphatic heterocycles. The maximum absolute atomic E-state index is 12.8. The van der Waals surface area contributed by atoms with Crippen molar-refractivity contribution in [3.63, 3.8) is 0 Å². The van der Waals surface area contributed by atoms with Crippen molar-refractivity contribution in [2.45, 2.75) is 31.6 Å². The summed E-state index contributed by atoms with van der Waals surface area (Å²) in [6.07, 6.45) is 1.71. The molecule has 0 saturated carbocycles. The molecule has 0 spiro atoms. The van der Waals surface area contributed by atoms with Crippen LogP contribution in [-0.4, -0.2) is 37.6 Å². The van der Waals surface area contributed by atoms with E-state index in [2.05, 4.69) is 10.6 Å². The summed E-state index contributed by atoms with van der Waals surface area (Å²) in [4.78, 5) is 23.9. The number of carbonyl (C=O) groups excluding carboxylic acids is 2. The minimum atomic E-state index is -3.59. The maximum atomic E-state index is 12.8. The van der Waals surface area contributed by atoms with Gasteiger partial charge in [0.25, 0.3) is 5.91 Å². The van der Waals surface area contributed by atoms with Crippen LogP contribution in [0.2, 0.25) is 0 Å². The van der Waals surface area contributed by atoms with E-state index in [0.29, 0.717) is 35.6 Å². The van der Waals surface area contributed by atoms with Gasteiger partial charge in [0.2, 0.25) is 15.9 Å². The lowest BCUT2D eigenvalue weighted by molar-refractivity contribution is -0.114. The Hall–Kier alpha value is -2.71. The van der Waals surface area contributed by atoms with Crippen molar-refractivity contribution in [3.8, 4) is 0 Å². The number of sulfonamides is 1. The Morgan fingerprint density at radius 3 is 2.07 bits per heavy atom. The molecule has 2 aromatic rings. The molecular formula is C20H23N3O4S. The molecule has 2 N–H and O–H groups in total. The van der Waals surface area contributed by atoms with Gasteiger partial charge in [-0.25, -0.2) is 8.42 Å². The highest BCUT2D eigenvalue weighted by molar-refractivity contribution is 7.89. The summed E-state index contributed by atoms with van der Waals surface area (Å²) in [5.74, 6) is -0.563. The first-order valence-corrected chi connectivity index (χ1v) is 10.5. The van der Waals surface area contributed by atoms with Crippen molar-refractivity contribution in [1.82, 2.24) is 4.31 Å². The van der Waals surface area contributed by atoms with Gasteiger partial charge in [0.05, 0.1) is 4.90 Å². The summed E-state index contributed by atoms with van der Waals surface area (Å²) in [5, 5.41) is 5.42. The van der Waals surface area contributed by atoms with Crippen LogP contribution in [0.25, 0.3) is 0 Å². The van der Waals surface area contributed by atoms with Crippen LogP contribution in [0.15, 0.2) is 47.4 Å². The topological polar surface area (TPSA) is 95.6 Å². The zero-order valence-corrected chi connectivity index (χ0v) is 16.7. The van der Waals surface area contributed by atoms with Crippen LogP contribution in [-0.2, 0) is 14.8 Å². The van der Waals surface area contributed by atoms with Gasteiger partial charge < -0.3 is 10.6 Å². The predicted molar refractivity (Wildman–Crippen MR) is 108 cm³/mol. The molecule has 2 amide bonds. The molecule has 8 heteroatoms. The highest BCUT2D eigenvalue weighted by Crippen LogP contribution is 2.24. The molecule has 148 valence electrons. The third-order valence-corrected chi connectivity index (χ3v) is 6.51. The van der Waals surface area contributed by atoms with Gasteiger partial charge in [-0.2, -0.15) is 4.31 Å². The number of hydrogen-bond donors (Lipinski definition) is 2. The number of nitrogens with zero attached hydrogens (tertiary/aromatic N) is 1. The first kappa shape index (κ1) is 20.0. The van der Waals surface area contributed by atoms with E-state index in [1.165, 1.54) is 17.3 Å². The fourth-order valence-electron chi connectivity index (χ4n) is 3.12. The monoisotopic (exact) mass is 401 g/mol. The van der Waals surface area contributed by atoms with Crippen molar-refractivity contribution in [1.29, 1.82) is 0 Å². The largest absolute Gasteiger partial charge is 0.326 e. The summed E-state index contributed by atoms with van der Waals surface area (Å²) in [7, 11) is -3.59. The second-order valence-electron chi connectivity index (χ2n) is 6.80. The molecule has 1 fully saturated rings. The van der Waals surface area contributed by atoms with E-state index >= 15 is 0 Å². The van der Waals surface area contributed by atoms with Crippen LogP contribution < -0.4 is 10.6 Å². The zero-order chi connectivity index (χ0) is 20.3. The van der Waals surface area contributed by atoms with E-state index in [0.717, 1.165) is 12.8 Å². The lowest BCUT2D eigenvalue weighted by atomic mass is 10.1. The maximum Gasteiger partial charge on any atom is 0.255 e. The van der Waals surface area contributed by atoms with Crippen LogP contribution in [0.1, 0.15) is 35.7 Å². The highest BCUT2D eigenvalue weighted by Gasteiger charge is 2.28. The van der Waals surface area contributed by atoms with Crippen LogP contribution in [0, 0.1) is 6.92 Å². The Morgan fingerprint density at radius 1 is 0.929 bits per heavy atom. The minimum Gasteiger partial charge on any atom is -0.326 e. The number of amides is 2. The number of carbonyl (C=O) groups is 2. The summed E-state index contributed by atoms with van der Waals surface area (Å²) in [5.41, 5.74) is 2.17. The van der Waals surface area contributed by atoms with E-state index in [-0.39, 0.29) is 16.7 Å². The average molecular weight is 401 g/mol. The van der Waals surface area contributed by atoms with Crippen molar-refractivity contribution >= 4 is 33.2 Å². The minimum absolute atomic E-state index is 0.131. The highest BCUT2D eigenvalue weighted by atomic mass is 32.2. The number of hydrogen-bond acceptors (Lipinski definition) is 4. The quantitative estimate of drug-likeness (QED) is 0.805. The zero-order valence-electron chi connectivity index (χ0n) is 15.9. The van der Waals surface area contributed by atoms with Crippen LogP contribution in [0.3, 0.4) is 0 Å². The number of anilines is 2. The number of benzene rings is 2. The van der Waals surface area contributed by atoms with Gasteiger partial charge in [0, 0.05) is 37.0 Å². The Bertz CT molecular complexity index is 995. The molecule has 0 atom stereocenters. The van der Waals surface area contributed by atoms with Crippen molar-refractivity contribution in [3.05, 3.63) is 53.6 Å². The molecule has 28 heavy (non-hydrogen) atoms. The fourth-order valence-corrected chi connectivity index (χ4v) is 4.67. The van der Waals surface area contributed by atoms with Gasteiger partial charge in [-0.1, -0.05) is 6.07 Å². The molecule has 0 radical (unpaired) electrons. The van der Waals surface area contributed by atoms with E-state index in [1.807, 2.05) is 0 Å². The van der Waals surface area contributed by atoms with Crippen LogP contribution in [0.5, 0.6) is 0 Å². The van der Waals surface area contributed by atoms with Crippen LogP contribution in [0.4, 0.5) is 11.4 Å². The second-order valence-corrected chi connectivity index (χ2v) is 8.74. The first-order valence-electron chi connectivity index (χ1n) is 9.07. The summed E-state index contributed by atoms with van der Waals surface area (Å²) < 4.78 is 27.0. The Labute approximate surface area is 164 Å². The molecule has 3 rings (SSSR count). The van der Waals surface area contributed by atoms with Gasteiger partial charge in [-0.15, -0.1) is 0 Å². The summed E-state index contributed by atoms with van der Waals surface area (Å²) >= 11 is 0. The molecule has 0 aromatic heterocycles. The lowest BCUT2D eigenvalue weighted by Gasteiger charge is -2.17. The number of aryl methyl sites for hydroxylation is 1. The molecular weight excluding hydrogens is 378 g/mol. The van der Waals surface area contributed by atoms with E-state index < -0.39 is 10.0 Å². The van der Waals surface area contributed by atoms with E-state index in [9.17, 15) is 18.0 Å². The van der Waals surface area contributed by atoms with Crippen LogP contribution >= 0.6 is 0 Å².